The van der Waals surface area contributed by atoms with Crippen LogP contribution >= 0.6 is 0 Å². The predicted molar refractivity (Wildman–Crippen MR) is 114 cm³/mol. The fraction of sp³-hybridized carbons (Fsp3) is 0.0833. The number of imidazole rings is 1. The lowest BCUT2D eigenvalue weighted by molar-refractivity contribution is 0.0998. The lowest BCUT2D eigenvalue weighted by Gasteiger charge is -2.09. The summed E-state index contributed by atoms with van der Waals surface area (Å²) in [7, 11) is 0. The number of nitrogens with one attached hydrogen (secondary N) is 1. The number of pyridine rings is 1. The van der Waals surface area contributed by atoms with Crippen LogP contribution in [0.4, 0.5) is 5.69 Å². The van der Waals surface area contributed by atoms with Gasteiger partial charge in [0.05, 0.1) is 5.69 Å². The number of amides is 1. The molecule has 0 aliphatic rings. The Kier molecular flexibility index (Phi) is 3.95. The highest BCUT2D eigenvalue weighted by Crippen LogP contribution is 2.27. The van der Waals surface area contributed by atoms with E-state index in [2.05, 4.69) is 5.32 Å². The molecule has 142 valence electrons. The average molecular weight is 381 g/mol. The van der Waals surface area contributed by atoms with Crippen LogP contribution in [0, 0.1) is 13.8 Å². The fourth-order valence-corrected chi connectivity index (χ4v) is 3.42. The van der Waals surface area contributed by atoms with E-state index >= 15 is 0 Å². The van der Waals surface area contributed by atoms with Crippen LogP contribution in [-0.2, 0) is 0 Å². The first kappa shape index (κ1) is 17.3. The highest BCUT2D eigenvalue weighted by molar-refractivity contribution is 6.05. The van der Waals surface area contributed by atoms with Gasteiger partial charge in [-0.25, -0.2) is 4.98 Å². The summed E-state index contributed by atoms with van der Waals surface area (Å²) in [6, 6.07) is 19.4. The molecule has 0 bridgehead atoms. The second-order valence-corrected chi connectivity index (χ2v) is 7.23. The number of aryl methyl sites for hydroxylation is 2. The zero-order chi connectivity index (χ0) is 20.0. The van der Waals surface area contributed by atoms with Crippen molar-refractivity contribution in [1.29, 1.82) is 0 Å². The normalized spacial score (nSPS) is 11.2. The first-order chi connectivity index (χ1) is 14.1. The van der Waals surface area contributed by atoms with E-state index in [-0.39, 0.29) is 5.91 Å². The first-order valence-corrected chi connectivity index (χ1v) is 9.43. The second-order valence-electron chi connectivity index (χ2n) is 7.23. The number of hydrogen-bond acceptors (Lipinski definition) is 3. The molecule has 0 atom stereocenters. The molecule has 2 aromatic carbocycles. The topological polar surface area (TPSA) is 59.5 Å². The number of rotatable bonds is 3. The summed E-state index contributed by atoms with van der Waals surface area (Å²) in [5.41, 5.74) is 6.26. The van der Waals surface area contributed by atoms with Crippen molar-refractivity contribution in [3.63, 3.8) is 0 Å². The van der Waals surface area contributed by atoms with E-state index in [1.54, 1.807) is 6.07 Å². The second kappa shape index (κ2) is 6.63. The summed E-state index contributed by atoms with van der Waals surface area (Å²) in [6.07, 6.45) is 3.99. The summed E-state index contributed by atoms with van der Waals surface area (Å²) < 4.78 is 7.68. The highest BCUT2D eigenvalue weighted by Gasteiger charge is 2.14. The van der Waals surface area contributed by atoms with Crippen molar-refractivity contribution in [2.45, 2.75) is 13.8 Å². The molecule has 0 aliphatic heterocycles. The molecule has 0 fully saturated rings. The quantitative estimate of drug-likeness (QED) is 0.441. The minimum atomic E-state index is -0.271. The molecule has 5 nitrogen and oxygen atoms in total. The predicted octanol–water partition coefficient (Wildman–Crippen LogP) is 5.62. The molecule has 0 radical (unpaired) electrons. The Bertz CT molecular complexity index is 1340. The average Bonchev–Trinajstić information content (AvgIpc) is 3.33. The molecular weight excluding hydrogens is 362 g/mol. The minimum Gasteiger partial charge on any atom is -0.451 e. The van der Waals surface area contributed by atoms with E-state index in [0.717, 1.165) is 39.1 Å². The van der Waals surface area contributed by atoms with Gasteiger partial charge < -0.3 is 14.1 Å². The Morgan fingerprint density at radius 1 is 1.03 bits per heavy atom. The van der Waals surface area contributed by atoms with Crippen molar-refractivity contribution < 1.29 is 9.21 Å². The van der Waals surface area contributed by atoms with Gasteiger partial charge in [-0.05, 0) is 55.3 Å². The van der Waals surface area contributed by atoms with Crippen LogP contribution in [0.2, 0.25) is 0 Å². The Morgan fingerprint density at radius 2 is 1.90 bits per heavy atom. The molecule has 3 heterocycles. The molecule has 0 unspecified atom stereocenters. The molecule has 5 rings (SSSR count). The smallest absolute Gasteiger partial charge is 0.291 e. The van der Waals surface area contributed by atoms with Gasteiger partial charge in [-0.2, -0.15) is 0 Å². The van der Waals surface area contributed by atoms with Crippen molar-refractivity contribution in [3.05, 3.63) is 89.9 Å². The minimum absolute atomic E-state index is 0.271. The van der Waals surface area contributed by atoms with Gasteiger partial charge in [0.1, 0.15) is 11.2 Å². The summed E-state index contributed by atoms with van der Waals surface area (Å²) in [5.74, 6) is 0.0197. The standard InChI is InChI=1S/C24H19N3O2/c1-15-9-10-27-14-20(25-23(27)11-15)17-8-7-16(2)19(12-17)26-24(28)22-13-18-5-3-4-6-21(18)29-22/h3-14H,1-2H3,(H,26,28). The number of nitrogens with zero attached hydrogens (tertiary/aromatic N) is 2. The van der Waals surface area contributed by atoms with E-state index in [9.17, 15) is 4.79 Å². The van der Waals surface area contributed by atoms with Crippen LogP contribution in [0.5, 0.6) is 0 Å². The number of hydrogen-bond donors (Lipinski definition) is 1. The van der Waals surface area contributed by atoms with Crippen LogP contribution in [0.25, 0.3) is 27.9 Å². The molecular formula is C24H19N3O2. The van der Waals surface area contributed by atoms with Crippen LogP contribution in [0.15, 0.2) is 77.5 Å². The molecule has 1 N–H and O–H groups in total. The van der Waals surface area contributed by atoms with E-state index in [4.69, 9.17) is 9.40 Å². The molecule has 0 saturated carbocycles. The SMILES string of the molecule is Cc1ccn2cc(-c3ccc(C)c(NC(=O)c4cc5ccccc5o4)c3)nc2c1. The third-order valence-electron chi connectivity index (χ3n) is 5.05. The summed E-state index contributed by atoms with van der Waals surface area (Å²) >= 11 is 0. The van der Waals surface area contributed by atoms with Gasteiger partial charge in [0, 0.05) is 29.0 Å². The van der Waals surface area contributed by atoms with Crippen molar-refractivity contribution in [2.24, 2.45) is 0 Å². The van der Waals surface area contributed by atoms with Crippen molar-refractivity contribution in [3.8, 4) is 11.3 Å². The Labute approximate surface area is 167 Å². The van der Waals surface area contributed by atoms with Crippen molar-refractivity contribution in [1.82, 2.24) is 9.38 Å². The van der Waals surface area contributed by atoms with Crippen LogP contribution < -0.4 is 5.32 Å². The molecule has 0 saturated heterocycles. The zero-order valence-corrected chi connectivity index (χ0v) is 16.1. The van der Waals surface area contributed by atoms with Gasteiger partial charge in [-0.15, -0.1) is 0 Å². The third-order valence-corrected chi connectivity index (χ3v) is 5.05. The lowest BCUT2D eigenvalue weighted by atomic mass is 10.1. The van der Waals surface area contributed by atoms with Gasteiger partial charge >= 0.3 is 0 Å². The number of carbonyl (C=O) groups excluding carboxylic acids is 1. The maximum Gasteiger partial charge on any atom is 0.291 e. The number of fused-ring (bicyclic) bond motifs is 2. The van der Waals surface area contributed by atoms with E-state index in [1.807, 2.05) is 85.2 Å². The molecule has 5 aromatic rings. The first-order valence-electron chi connectivity index (χ1n) is 9.43. The number of carbonyl (C=O) groups is 1. The van der Waals surface area contributed by atoms with Gasteiger partial charge in [0.2, 0.25) is 0 Å². The van der Waals surface area contributed by atoms with Gasteiger partial charge in [0.25, 0.3) is 5.91 Å². The number of anilines is 1. The van der Waals surface area contributed by atoms with E-state index in [1.165, 1.54) is 0 Å². The number of benzene rings is 2. The number of aromatic nitrogens is 2. The van der Waals surface area contributed by atoms with Gasteiger partial charge in [0.15, 0.2) is 5.76 Å². The lowest BCUT2D eigenvalue weighted by Crippen LogP contribution is -2.11. The van der Waals surface area contributed by atoms with Crippen LogP contribution in [-0.4, -0.2) is 15.3 Å². The Balaban J connectivity index is 1.47. The molecule has 0 aliphatic carbocycles. The molecule has 5 heteroatoms. The van der Waals surface area contributed by atoms with Crippen LogP contribution in [0.3, 0.4) is 0 Å². The molecule has 0 spiro atoms. The van der Waals surface area contributed by atoms with Gasteiger partial charge in [-0.1, -0.05) is 30.3 Å². The monoisotopic (exact) mass is 381 g/mol. The third kappa shape index (κ3) is 3.17. The Morgan fingerprint density at radius 3 is 2.76 bits per heavy atom. The van der Waals surface area contributed by atoms with E-state index < -0.39 is 0 Å². The largest absolute Gasteiger partial charge is 0.451 e. The van der Waals surface area contributed by atoms with Crippen molar-refractivity contribution >= 4 is 28.2 Å². The highest BCUT2D eigenvalue weighted by atomic mass is 16.3. The Hall–Kier alpha value is -3.86. The molecule has 29 heavy (non-hydrogen) atoms. The van der Waals surface area contributed by atoms with Gasteiger partial charge in [-0.3, -0.25) is 4.79 Å². The number of furan rings is 1. The number of para-hydroxylation sites is 1. The molecule has 3 aromatic heterocycles. The van der Waals surface area contributed by atoms with Crippen LogP contribution in [0.1, 0.15) is 21.7 Å². The van der Waals surface area contributed by atoms with Crippen molar-refractivity contribution in [2.75, 3.05) is 5.32 Å². The zero-order valence-electron chi connectivity index (χ0n) is 16.1. The summed E-state index contributed by atoms with van der Waals surface area (Å²) in [5, 5.41) is 3.88. The maximum atomic E-state index is 12.7. The summed E-state index contributed by atoms with van der Waals surface area (Å²) in [6.45, 7) is 4.01. The summed E-state index contributed by atoms with van der Waals surface area (Å²) in [4.78, 5) is 17.4. The maximum absolute atomic E-state index is 12.7. The molecule has 1 amide bonds. The van der Waals surface area contributed by atoms with E-state index in [0.29, 0.717) is 11.3 Å². The fourth-order valence-electron chi connectivity index (χ4n) is 3.42.